The molecule has 0 radical (unpaired) electrons. The number of aryl methyl sites for hydroxylation is 1. The Morgan fingerprint density at radius 3 is 2.64 bits per heavy atom. The highest BCUT2D eigenvalue weighted by Gasteiger charge is 2.58. The molecule has 2 N–H and O–H groups in total. The summed E-state index contributed by atoms with van der Waals surface area (Å²) in [4.78, 5) is 15.5. The molecule has 1 atom stereocenters. The smallest absolute Gasteiger partial charge is 0.425 e. The van der Waals surface area contributed by atoms with Crippen molar-refractivity contribution in [3.63, 3.8) is 0 Å². The maximum Gasteiger partial charge on any atom is 0.425 e. The molecule has 6 nitrogen and oxygen atoms in total. The number of hydrogen-bond acceptors (Lipinski definition) is 4. The molecule has 0 saturated carbocycles. The number of hydrogen-bond donors (Lipinski definition) is 2. The van der Waals surface area contributed by atoms with Gasteiger partial charge < -0.3 is 19.7 Å². The zero-order valence-electron chi connectivity index (χ0n) is 14.8. The van der Waals surface area contributed by atoms with E-state index in [1.54, 1.807) is 12.1 Å². The van der Waals surface area contributed by atoms with Crippen molar-refractivity contribution in [1.29, 1.82) is 0 Å². The van der Waals surface area contributed by atoms with Crippen molar-refractivity contribution in [3.8, 4) is 5.75 Å². The first-order valence-electron chi connectivity index (χ1n) is 8.16. The lowest BCUT2D eigenvalue weighted by atomic mass is 9.97. The van der Waals surface area contributed by atoms with Crippen molar-refractivity contribution in [2.45, 2.75) is 24.6 Å². The van der Waals surface area contributed by atoms with Gasteiger partial charge in [0.05, 0.1) is 18.1 Å². The van der Waals surface area contributed by atoms with E-state index >= 15 is 0 Å². The van der Waals surface area contributed by atoms with Crippen LogP contribution >= 0.6 is 23.2 Å². The van der Waals surface area contributed by atoms with Crippen LogP contribution in [0.1, 0.15) is 18.7 Å². The first-order valence-corrected chi connectivity index (χ1v) is 8.91. The molecule has 1 amide bonds. The third-order valence-electron chi connectivity index (χ3n) is 3.87. The first kappa shape index (κ1) is 22.3. The fraction of sp³-hybridized carbons (Fsp3) is 0.412. The molecule has 0 bridgehead atoms. The van der Waals surface area contributed by atoms with E-state index < -0.39 is 29.9 Å². The lowest BCUT2D eigenvalue weighted by molar-refractivity contribution is -0.271. The van der Waals surface area contributed by atoms with Crippen LogP contribution in [-0.2, 0) is 17.4 Å². The normalized spacial score (nSPS) is 13.8. The number of imidazole rings is 1. The summed E-state index contributed by atoms with van der Waals surface area (Å²) in [7, 11) is 1.30. The van der Waals surface area contributed by atoms with Crippen LogP contribution in [0.3, 0.4) is 0 Å². The third-order valence-corrected chi connectivity index (χ3v) is 4.40. The molecule has 0 aliphatic rings. The van der Waals surface area contributed by atoms with E-state index in [-0.39, 0.29) is 13.2 Å². The lowest BCUT2D eigenvalue weighted by Crippen LogP contribution is -2.48. The molecule has 28 heavy (non-hydrogen) atoms. The highest BCUT2D eigenvalue weighted by molar-refractivity contribution is 6.35. The number of nitrogens with one attached hydrogen (secondary N) is 1. The standard InChI is InChI=1S/C17H18Cl2F3N3O3/c1-25-7-6-24-15(25)16(27,17(20,21)22)10-14(26)23-5-2-8-28-13-4-3-11(18)9-12(13)19/h3-4,6-7,9,27H,2,5,8,10H2,1H3,(H,23,26). The van der Waals surface area contributed by atoms with E-state index in [1.165, 1.54) is 19.3 Å². The van der Waals surface area contributed by atoms with E-state index in [0.717, 1.165) is 10.8 Å². The van der Waals surface area contributed by atoms with Crippen molar-refractivity contribution < 1.29 is 27.8 Å². The van der Waals surface area contributed by atoms with Crippen LogP contribution in [0.25, 0.3) is 0 Å². The molecule has 1 unspecified atom stereocenters. The number of halogens is 5. The van der Waals surface area contributed by atoms with E-state index in [4.69, 9.17) is 27.9 Å². The Morgan fingerprint density at radius 1 is 1.36 bits per heavy atom. The number of aliphatic hydroxyl groups is 1. The summed E-state index contributed by atoms with van der Waals surface area (Å²) in [5, 5.41) is 13.3. The molecule has 154 valence electrons. The summed E-state index contributed by atoms with van der Waals surface area (Å²) in [5.41, 5.74) is -3.39. The molecule has 2 rings (SSSR count). The molecular formula is C17H18Cl2F3N3O3. The van der Waals surface area contributed by atoms with Gasteiger partial charge in [-0.05, 0) is 24.6 Å². The molecule has 11 heteroatoms. The molecular weight excluding hydrogens is 422 g/mol. The van der Waals surface area contributed by atoms with Crippen LogP contribution < -0.4 is 10.1 Å². The maximum atomic E-state index is 13.4. The molecule has 2 aromatic rings. The number of ether oxygens (including phenoxy) is 1. The number of carbonyl (C=O) groups excluding carboxylic acids is 1. The summed E-state index contributed by atoms with van der Waals surface area (Å²) in [6, 6.07) is 4.69. The monoisotopic (exact) mass is 439 g/mol. The van der Waals surface area contributed by atoms with Gasteiger partial charge in [-0.3, -0.25) is 4.79 Å². The lowest BCUT2D eigenvalue weighted by Gasteiger charge is -2.29. The first-order chi connectivity index (χ1) is 13.0. The van der Waals surface area contributed by atoms with Gasteiger partial charge in [-0.25, -0.2) is 4.98 Å². The Morgan fingerprint density at radius 2 is 2.07 bits per heavy atom. The van der Waals surface area contributed by atoms with Gasteiger partial charge >= 0.3 is 6.18 Å². The SMILES string of the molecule is Cn1ccnc1C(O)(CC(=O)NCCCOc1ccc(Cl)cc1Cl)C(F)(F)F. The minimum absolute atomic E-state index is 0.0541. The summed E-state index contributed by atoms with van der Waals surface area (Å²) in [6.45, 7) is 0.225. The fourth-order valence-corrected chi connectivity index (χ4v) is 2.90. The van der Waals surface area contributed by atoms with Gasteiger partial charge in [0.1, 0.15) is 5.75 Å². The van der Waals surface area contributed by atoms with Gasteiger partial charge in [0.2, 0.25) is 11.5 Å². The minimum Gasteiger partial charge on any atom is -0.492 e. The van der Waals surface area contributed by atoms with Crippen molar-refractivity contribution >= 4 is 29.1 Å². The highest BCUT2D eigenvalue weighted by Crippen LogP contribution is 2.40. The van der Waals surface area contributed by atoms with Gasteiger partial charge in [-0.2, -0.15) is 13.2 Å². The number of rotatable bonds is 8. The van der Waals surface area contributed by atoms with Crippen LogP contribution in [0.5, 0.6) is 5.75 Å². The highest BCUT2D eigenvalue weighted by atomic mass is 35.5. The second-order valence-corrected chi connectivity index (χ2v) is 6.87. The molecule has 1 aromatic carbocycles. The van der Waals surface area contributed by atoms with Crippen molar-refractivity contribution in [2.24, 2.45) is 7.05 Å². The Kier molecular flexibility index (Phi) is 7.19. The van der Waals surface area contributed by atoms with Gasteiger partial charge in [0.25, 0.3) is 0 Å². The summed E-state index contributed by atoms with van der Waals surface area (Å²) < 4.78 is 46.6. The van der Waals surface area contributed by atoms with Crippen molar-refractivity contribution in [3.05, 3.63) is 46.5 Å². The number of nitrogens with zero attached hydrogens (tertiary/aromatic N) is 2. The second kappa shape index (κ2) is 9.02. The number of aromatic nitrogens is 2. The van der Waals surface area contributed by atoms with Crippen LogP contribution in [0.2, 0.25) is 10.0 Å². The van der Waals surface area contributed by atoms with E-state index in [9.17, 15) is 23.1 Å². The molecule has 0 spiro atoms. The molecule has 0 aliphatic heterocycles. The number of benzene rings is 1. The Hall–Kier alpha value is -1.97. The Balaban J connectivity index is 1.86. The van der Waals surface area contributed by atoms with Crippen LogP contribution in [0, 0.1) is 0 Å². The second-order valence-electron chi connectivity index (χ2n) is 6.02. The Labute approximate surface area is 169 Å². The van der Waals surface area contributed by atoms with Crippen molar-refractivity contribution in [2.75, 3.05) is 13.2 Å². The molecule has 0 aliphatic carbocycles. The van der Waals surface area contributed by atoms with E-state index in [1.807, 2.05) is 0 Å². The summed E-state index contributed by atoms with van der Waals surface area (Å²) in [5.74, 6) is -1.22. The average molecular weight is 440 g/mol. The zero-order chi connectivity index (χ0) is 20.9. The van der Waals surface area contributed by atoms with Gasteiger partial charge in [-0.1, -0.05) is 23.2 Å². The van der Waals surface area contributed by atoms with Crippen LogP contribution in [0.4, 0.5) is 13.2 Å². The zero-order valence-corrected chi connectivity index (χ0v) is 16.3. The minimum atomic E-state index is -5.07. The van der Waals surface area contributed by atoms with Crippen molar-refractivity contribution in [1.82, 2.24) is 14.9 Å². The largest absolute Gasteiger partial charge is 0.492 e. The fourth-order valence-electron chi connectivity index (χ4n) is 2.44. The van der Waals surface area contributed by atoms with E-state index in [2.05, 4.69) is 10.3 Å². The number of carbonyl (C=O) groups is 1. The summed E-state index contributed by atoms with van der Waals surface area (Å²) in [6.07, 6.45) is -3.59. The topological polar surface area (TPSA) is 76.4 Å². The Bertz CT molecular complexity index is 829. The van der Waals surface area contributed by atoms with E-state index in [0.29, 0.717) is 22.2 Å². The summed E-state index contributed by atoms with van der Waals surface area (Å²) >= 11 is 11.7. The number of alkyl halides is 3. The van der Waals surface area contributed by atoms with Crippen LogP contribution in [-0.4, -0.2) is 39.9 Å². The number of amides is 1. The molecule has 0 fully saturated rings. The predicted octanol–water partition coefficient (Wildman–Crippen LogP) is 3.45. The molecule has 1 aromatic heterocycles. The van der Waals surface area contributed by atoms with Gasteiger partial charge in [0, 0.05) is 31.0 Å². The van der Waals surface area contributed by atoms with Crippen LogP contribution in [0.15, 0.2) is 30.6 Å². The predicted molar refractivity (Wildman–Crippen MR) is 97.4 cm³/mol. The van der Waals surface area contributed by atoms with Gasteiger partial charge in [0.15, 0.2) is 5.82 Å². The molecule has 1 heterocycles. The maximum absolute atomic E-state index is 13.4. The van der Waals surface area contributed by atoms with Gasteiger partial charge in [-0.15, -0.1) is 0 Å². The quantitative estimate of drug-likeness (QED) is 0.617. The molecule has 0 saturated heterocycles. The average Bonchev–Trinajstić information content (AvgIpc) is 3.01. The third kappa shape index (κ3) is 5.30.